The van der Waals surface area contributed by atoms with Gasteiger partial charge in [-0.3, -0.25) is 0 Å². The number of aryl methyl sites for hydroxylation is 1. The third-order valence-electron chi connectivity index (χ3n) is 3.79. The number of nitrogens with zero attached hydrogens (tertiary/aromatic N) is 1. The lowest BCUT2D eigenvalue weighted by Gasteiger charge is -2.22. The molecule has 0 saturated heterocycles. The quantitative estimate of drug-likeness (QED) is 0.750. The van der Waals surface area contributed by atoms with Crippen LogP contribution in [0.2, 0.25) is 0 Å². The normalized spacial score (nSPS) is 13.8. The highest BCUT2D eigenvalue weighted by molar-refractivity contribution is 7.89. The van der Waals surface area contributed by atoms with Crippen LogP contribution in [0, 0.1) is 19.8 Å². The summed E-state index contributed by atoms with van der Waals surface area (Å²) in [5.74, 6) is 0.658. The molecule has 0 amide bonds. The van der Waals surface area contributed by atoms with E-state index in [9.17, 15) is 8.42 Å². The third kappa shape index (κ3) is 3.74. The Labute approximate surface area is 128 Å². The van der Waals surface area contributed by atoms with Crippen LogP contribution < -0.4 is 0 Å². The first-order valence-electron chi connectivity index (χ1n) is 6.86. The molecule has 114 valence electrons. The highest BCUT2D eigenvalue weighted by Crippen LogP contribution is 2.25. The van der Waals surface area contributed by atoms with Gasteiger partial charge in [0.05, 0.1) is 4.90 Å². The van der Waals surface area contributed by atoms with Crippen molar-refractivity contribution in [3.63, 3.8) is 0 Å². The van der Waals surface area contributed by atoms with Crippen LogP contribution in [0.3, 0.4) is 0 Å². The zero-order valence-electron chi connectivity index (χ0n) is 12.9. The van der Waals surface area contributed by atoms with Gasteiger partial charge in [0.1, 0.15) is 0 Å². The van der Waals surface area contributed by atoms with E-state index in [1.165, 1.54) is 4.31 Å². The largest absolute Gasteiger partial charge is 0.243 e. The highest BCUT2D eigenvalue weighted by Gasteiger charge is 2.25. The molecule has 0 aliphatic rings. The fourth-order valence-corrected chi connectivity index (χ4v) is 3.87. The molecule has 1 atom stereocenters. The molecule has 0 N–H and O–H groups in total. The van der Waals surface area contributed by atoms with Crippen LogP contribution >= 0.6 is 11.6 Å². The molecule has 0 fully saturated rings. The van der Waals surface area contributed by atoms with Crippen molar-refractivity contribution < 1.29 is 8.42 Å². The fraction of sp³-hybridized carbons (Fsp3) is 0.600. The van der Waals surface area contributed by atoms with Crippen LogP contribution in [0.25, 0.3) is 0 Å². The van der Waals surface area contributed by atoms with Crippen molar-refractivity contribution in [2.75, 3.05) is 13.6 Å². The predicted molar refractivity (Wildman–Crippen MR) is 84.7 cm³/mol. The molecule has 0 radical (unpaired) electrons. The van der Waals surface area contributed by atoms with Crippen LogP contribution in [0.5, 0.6) is 0 Å². The summed E-state index contributed by atoms with van der Waals surface area (Å²) in [5.41, 5.74) is 2.60. The Morgan fingerprint density at radius 2 is 1.90 bits per heavy atom. The van der Waals surface area contributed by atoms with Gasteiger partial charge in [0, 0.05) is 19.5 Å². The maximum Gasteiger partial charge on any atom is 0.243 e. The van der Waals surface area contributed by atoms with Crippen LogP contribution in [0.4, 0.5) is 0 Å². The molecule has 5 heteroatoms. The first-order valence-corrected chi connectivity index (χ1v) is 8.83. The second kappa shape index (κ2) is 6.92. The van der Waals surface area contributed by atoms with E-state index in [0.717, 1.165) is 23.1 Å². The lowest BCUT2D eigenvalue weighted by molar-refractivity contribution is 0.393. The number of halogens is 1. The molecule has 0 heterocycles. The van der Waals surface area contributed by atoms with Gasteiger partial charge in [0.15, 0.2) is 0 Å². The second-order valence-corrected chi connectivity index (χ2v) is 7.75. The van der Waals surface area contributed by atoms with Gasteiger partial charge in [-0.25, -0.2) is 12.7 Å². The van der Waals surface area contributed by atoms with Gasteiger partial charge in [-0.05, 0) is 42.5 Å². The minimum atomic E-state index is -3.46. The van der Waals surface area contributed by atoms with Crippen molar-refractivity contribution in [3.8, 4) is 0 Å². The minimum Gasteiger partial charge on any atom is -0.207 e. The van der Waals surface area contributed by atoms with Crippen LogP contribution in [0.1, 0.15) is 37.0 Å². The molecule has 0 aliphatic heterocycles. The Morgan fingerprint density at radius 3 is 2.40 bits per heavy atom. The fourth-order valence-electron chi connectivity index (χ4n) is 2.08. The molecule has 0 bridgehead atoms. The average Bonchev–Trinajstić information content (AvgIpc) is 2.40. The Morgan fingerprint density at radius 1 is 1.30 bits per heavy atom. The van der Waals surface area contributed by atoms with Gasteiger partial charge in [-0.1, -0.05) is 26.3 Å². The zero-order chi connectivity index (χ0) is 15.5. The summed E-state index contributed by atoms with van der Waals surface area (Å²) < 4.78 is 26.9. The number of rotatable bonds is 6. The summed E-state index contributed by atoms with van der Waals surface area (Å²) in [7, 11) is -1.81. The minimum absolute atomic E-state index is 0.318. The molecule has 3 nitrogen and oxygen atoms in total. The van der Waals surface area contributed by atoms with Crippen molar-refractivity contribution in [2.24, 2.45) is 5.92 Å². The van der Waals surface area contributed by atoms with E-state index in [2.05, 4.69) is 13.8 Å². The zero-order valence-corrected chi connectivity index (χ0v) is 14.5. The third-order valence-corrected chi connectivity index (χ3v) is 6.05. The summed E-state index contributed by atoms with van der Waals surface area (Å²) in [4.78, 5) is 0.374. The van der Waals surface area contributed by atoms with Gasteiger partial charge >= 0.3 is 0 Å². The number of sulfonamides is 1. The molecule has 1 aromatic carbocycles. The number of alkyl halides is 1. The predicted octanol–water partition coefficient (Wildman–Crippen LogP) is 3.71. The standard InChI is InChI=1S/C15H24ClNO2S/c1-6-11(2)10-17(5)20(18,19)15-8-14(9-16)7-12(3)13(15)4/h7-8,11H,6,9-10H2,1-5H3. The monoisotopic (exact) mass is 317 g/mol. The molecule has 0 spiro atoms. The van der Waals surface area contributed by atoms with E-state index in [1.807, 2.05) is 19.9 Å². The SMILES string of the molecule is CCC(C)CN(C)S(=O)(=O)c1cc(CCl)cc(C)c1C. The van der Waals surface area contributed by atoms with Crippen molar-refractivity contribution in [2.45, 2.75) is 44.9 Å². The van der Waals surface area contributed by atoms with E-state index in [0.29, 0.717) is 23.2 Å². The van der Waals surface area contributed by atoms with Gasteiger partial charge in [-0.15, -0.1) is 11.6 Å². The number of hydrogen-bond donors (Lipinski definition) is 0. The molecule has 0 aliphatic carbocycles. The van der Waals surface area contributed by atoms with Gasteiger partial charge < -0.3 is 0 Å². The van der Waals surface area contributed by atoms with Crippen LogP contribution in [0.15, 0.2) is 17.0 Å². The van der Waals surface area contributed by atoms with E-state index in [4.69, 9.17) is 11.6 Å². The topological polar surface area (TPSA) is 37.4 Å². The Hall–Kier alpha value is -0.580. The Kier molecular flexibility index (Phi) is 6.05. The average molecular weight is 318 g/mol. The summed E-state index contributed by atoms with van der Waals surface area (Å²) in [6.07, 6.45) is 0.958. The lowest BCUT2D eigenvalue weighted by Crippen LogP contribution is -2.31. The molecule has 1 rings (SSSR count). The Bertz CT molecular complexity index is 569. The van der Waals surface area contributed by atoms with Gasteiger partial charge in [-0.2, -0.15) is 0 Å². The van der Waals surface area contributed by atoms with Crippen molar-refractivity contribution >= 4 is 21.6 Å². The molecule has 0 saturated carbocycles. The van der Waals surface area contributed by atoms with Crippen LogP contribution in [-0.4, -0.2) is 26.3 Å². The highest BCUT2D eigenvalue weighted by atomic mass is 35.5. The molecular weight excluding hydrogens is 294 g/mol. The maximum atomic E-state index is 12.7. The lowest BCUT2D eigenvalue weighted by atomic mass is 10.1. The van der Waals surface area contributed by atoms with Crippen LogP contribution in [-0.2, 0) is 15.9 Å². The summed E-state index contributed by atoms with van der Waals surface area (Å²) in [6.45, 7) is 8.41. The molecule has 1 aromatic rings. The van der Waals surface area contributed by atoms with E-state index >= 15 is 0 Å². The summed E-state index contributed by atoms with van der Waals surface area (Å²) in [6, 6.07) is 3.63. The molecule has 0 aromatic heterocycles. The van der Waals surface area contributed by atoms with Crippen molar-refractivity contribution in [1.82, 2.24) is 4.31 Å². The molecule has 1 unspecified atom stereocenters. The van der Waals surface area contributed by atoms with Gasteiger partial charge in [0.2, 0.25) is 10.0 Å². The van der Waals surface area contributed by atoms with Gasteiger partial charge in [0.25, 0.3) is 0 Å². The van der Waals surface area contributed by atoms with E-state index in [1.54, 1.807) is 13.1 Å². The first kappa shape index (κ1) is 17.5. The molecule has 20 heavy (non-hydrogen) atoms. The summed E-state index contributed by atoms with van der Waals surface area (Å²) >= 11 is 5.85. The van der Waals surface area contributed by atoms with E-state index in [-0.39, 0.29) is 0 Å². The smallest absolute Gasteiger partial charge is 0.207 e. The van der Waals surface area contributed by atoms with E-state index < -0.39 is 10.0 Å². The maximum absolute atomic E-state index is 12.7. The molecular formula is C15H24ClNO2S. The second-order valence-electron chi connectivity index (χ2n) is 5.47. The number of benzene rings is 1. The summed E-state index contributed by atoms with van der Waals surface area (Å²) in [5, 5.41) is 0. The first-order chi connectivity index (χ1) is 9.23. The van der Waals surface area contributed by atoms with Crippen molar-refractivity contribution in [3.05, 3.63) is 28.8 Å². The number of hydrogen-bond acceptors (Lipinski definition) is 2. The van der Waals surface area contributed by atoms with Crippen molar-refractivity contribution in [1.29, 1.82) is 0 Å². The Balaban J connectivity index is 3.24.